The van der Waals surface area contributed by atoms with Gasteiger partial charge in [0.2, 0.25) is 0 Å². The predicted octanol–water partition coefficient (Wildman–Crippen LogP) is 0.893. The van der Waals surface area contributed by atoms with Gasteiger partial charge in [0.15, 0.2) is 5.58 Å². The van der Waals surface area contributed by atoms with Crippen molar-refractivity contribution < 1.29 is 9.52 Å². The Morgan fingerprint density at radius 2 is 2.31 bits per heavy atom. The van der Waals surface area contributed by atoms with Crippen LogP contribution in [0.4, 0.5) is 0 Å². The molecule has 1 atom stereocenters. The zero-order valence-electron chi connectivity index (χ0n) is 8.77. The molecule has 0 radical (unpaired) electrons. The van der Waals surface area contributed by atoms with Crippen molar-refractivity contribution in [2.24, 2.45) is 5.73 Å². The lowest BCUT2D eigenvalue weighted by molar-refractivity contribution is 0.280. The summed E-state index contributed by atoms with van der Waals surface area (Å²) < 4.78 is 4.95. The molecule has 0 aliphatic rings. The van der Waals surface area contributed by atoms with E-state index in [9.17, 15) is 4.79 Å². The van der Waals surface area contributed by atoms with Crippen molar-refractivity contribution in [3.8, 4) is 0 Å². The van der Waals surface area contributed by atoms with E-state index in [2.05, 4.69) is 4.98 Å². The molecule has 0 aliphatic heterocycles. The van der Waals surface area contributed by atoms with E-state index in [1.165, 1.54) is 0 Å². The van der Waals surface area contributed by atoms with Gasteiger partial charge >= 0.3 is 5.76 Å². The number of benzene rings is 1. The summed E-state index contributed by atoms with van der Waals surface area (Å²) in [6, 6.07) is 5.25. The number of hydrogen-bond acceptors (Lipinski definition) is 4. The maximum absolute atomic E-state index is 11.0. The SMILES string of the molecule is NC(CCCO)c1ccc2[nH]c(=O)oc2c1. The molecule has 2 aromatic rings. The molecule has 4 N–H and O–H groups in total. The van der Waals surface area contributed by atoms with E-state index in [1.807, 2.05) is 6.07 Å². The van der Waals surface area contributed by atoms with Crippen LogP contribution in [0.5, 0.6) is 0 Å². The second-order valence-corrected chi connectivity index (χ2v) is 3.74. The molecule has 5 heteroatoms. The minimum atomic E-state index is -0.462. The van der Waals surface area contributed by atoms with Crippen LogP contribution in [-0.2, 0) is 0 Å². The third kappa shape index (κ3) is 2.15. The van der Waals surface area contributed by atoms with Gasteiger partial charge in [0.05, 0.1) is 5.52 Å². The highest BCUT2D eigenvalue weighted by Gasteiger charge is 2.08. The van der Waals surface area contributed by atoms with Crippen molar-refractivity contribution in [1.29, 1.82) is 0 Å². The van der Waals surface area contributed by atoms with Crippen LogP contribution in [0.25, 0.3) is 11.1 Å². The number of nitrogens with one attached hydrogen (secondary N) is 1. The van der Waals surface area contributed by atoms with Gasteiger partial charge in [-0.15, -0.1) is 0 Å². The first kappa shape index (κ1) is 10.9. The van der Waals surface area contributed by atoms with Crippen LogP contribution < -0.4 is 11.5 Å². The summed E-state index contributed by atoms with van der Waals surface area (Å²) in [5, 5.41) is 8.72. The summed E-state index contributed by atoms with van der Waals surface area (Å²) in [5.41, 5.74) is 8.03. The van der Waals surface area contributed by atoms with Gasteiger partial charge in [0.25, 0.3) is 0 Å². The molecule has 5 nitrogen and oxygen atoms in total. The fourth-order valence-corrected chi connectivity index (χ4v) is 1.67. The average Bonchev–Trinajstić information content (AvgIpc) is 2.64. The van der Waals surface area contributed by atoms with E-state index in [0.29, 0.717) is 23.9 Å². The highest BCUT2D eigenvalue weighted by atomic mass is 16.4. The quantitative estimate of drug-likeness (QED) is 0.716. The van der Waals surface area contributed by atoms with Gasteiger partial charge in [-0.3, -0.25) is 4.98 Å². The molecular weight excluding hydrogens is 208 g/mol. The third-order valence-corrected chi connectivity index (χ3v) is 2.55. The molecule has 0 amide bonds. The first-order valence-corrected chi connectivity index (χ1v) is 5.20. The number of oxazole rings is 1. The Hall–Kier alpha value is -1.59. The highest BCUT2D eigenvalue weighted by molar-refractivity contribution is 5.72. The molecule has 16 heavy (non-hydrogen) atoms. The third-order valence-electron chi connectivity index (χ3n) is 2.55. The first-order valence-electron chi connectivity index (χ1n) is 5.20. The average molecular weight is 222 g/mol. The van der Waals surface area contributed by atoms with Crippen molar-refractivity contribution in [2.45, 2.75) is 18.9 Å². The summed E-state index contributed by atoms with van der Waals surface area (Å²) in [6.07, 6.45) is 1.37. The molecule has 1 aromatic heterocycles. The summed E-state index contributed by atoms with van der Waals surface area (Å²) in [4.78, 5) is 13.5. The van der Waals surface area contributed by atoms with Gasteiger partial charge in [0.1, 0.15) is 0 Å². The molecule has 1 heterocycles. The molecule has 0 saturated carbocycles. The highest BCUT2D eigenvalue weighted by Crippen LogP contribution is 2.19. The summed E-state index contributed by atoms with van der Waals surface area (Å²) in [7, 11) is 0. The Kier molecular flexibility index (Phi) is 3.07. The van der Waals surface area contributed by atoms with Gasteiger partial charge in [0, 0.05) is 12.6 Å². The second-order valence-electron chi connectivity index (χ2n) is 3.74. The lowest BCUT2D eigenvalue weighted by Gasteiger charge is -2.10. The minimum absolute atomic E-state index is 0.134. The number of H-pyrrole nitrogens is 1. The number of aliphatic hydroxyl groups excluding tert-OH is 1. The van der Waals surface area contributed by atoms with E-state index in [4.69, 9.17) is 15.3 Å². The van der Waals surface area contributed by atoms with Crippen LogP contribution in [0.3, 0.4) is 0 Å². The number of nitrogens with two attached hydrogens (primary N) is 1. The summed E-state index contributed by atoms with van der Waals surface area (Å²) in [6.45, 7) is 0.134. The first-order chi connectivity index (χ1) is 7.70. The Balaban J connectivity index is 2.27. The number of fused-ring (bicyclic) bond motifs is 1. The van der Waals surface area contributed by atoms with Gasteiger partial charge in [-0.05, 0) is 30.5 Å². The molecule has 0 fully saturated rings. The zero-order valence-corrected chi connectivity index (χ0v) is 8.77. The van der Waals surface area contributed by atoms with Crippen LogP contribution in [0.15, 0.2) is 27.4 Å². The van der Waals surface area contributed by atoms with Crippen molar-refractivity contribution in [2.75, 3.05) is 6.61 Å². The molecule has 0 aliphatic carbocycles. The second kappa shape index (κ2) is 4.51. The van der Waals surface area contributed by atoms with E-state index < -0.39 is 5.76 Å². The van der Waals surface area contributed by atoms with Gasteiger partial charge in [-0.1, -0.05) is 6.07 Å². The van der Waals surface area contributed by atoms with Crippen molar-refractivity contribution in [1.82, 2.24) is 4.98 Å². The predicted molar refractivity (Wildman–Crippen MR) is 60.1 cm³/mol. The summed E-state index contributed by atoms with van der Waals surface area (Å²) in [5.74, 6) is -0.462. The Morgan fingerprint density at radius 3 is 3.06 bits per heavy atom. The molecule has 0 spiro atoms. The number of aromatic amines is 1. The van der Waals surface area contributed by atoms with Crippen LogP contribution in [0.1, 0.15) is 24.4 Å². The van der Waals surface area contributed by atoms with Crippen molar-refractivity contribution in [3.05, 3.63) is 34.3 Å². The van der Waals surface area contributed by atoms with Crippen LogP contribution in [-0.4, -0.2) is 16.7 Å². The Bertz CT molecular complexity index is 529. The van der Waals surface area contributed by atoms with Crippen LogP contribution in [0.2, 0.25) is 0 Å². The van der Waals surface area contributed by atoms with E-state index >= 15 is 0 Å². The topological polar surface area (TPSA) is 92.2 Å². The maximum atomic E-state index is 11.0. The summed E-state index contributed by atoms with van der Waals surface area (Å²) >= 11 is 0. The van der Waals surface area contributed by atoms with Crippen molar-refractivity contribution in [3.63, 3.8) is 0 Å². The number of hydrogen-bond donors (Lipinski definition) is 3. The molecule has 1 aromatic carbocycles. The van der Waals surface area contributed by atoms with Gasteiger partial charge < -0.3 is 15.3 Å². The number of rotatable bonds is 4. The molecule has 2 rings (SSSR count). The molecule has 86 valence electrons. The Morgan fingerprint density at radius 1 is 1.50 bits per heavy atom. The number of aromatic nitrogens is 1. The normalized spacial score (nSPS) is 13.1. The van der Waals surface area contributed by atoms with E-state index in [0.717, 1.165) is 5.56 Å². The smallest absolute Gasteiger partial charge is 0.408 e. The molecular formula is C11H14N2O3. The lowest BCUT2D eigenvalue weighted by Crippen LogP contribution is -2.10. The van der Waals surface area contributed by atoms with Gasteiger partial charge in [-0.25, -0.2) is 4.79 Å². The van der Waals surface area contributed by atoms with Gasteiger partial charge in [-0.2, -0.15) is 0 Å². The van der Waals surface area contributed by atoms with Crippen molar-refractivity contribution >= 4 is 11.1 Å². The minimum Gasteiger partial charge on any atom is -0.408 e. The fraction of sp³-hybridized carbons (Fsp3) is 0.364. The van der Waals surface area contributed by atoms with Crippen LogP contribution >= 0.6 is 0 Å². The monoisotopic (exact) mass is 222 g/mol. The largest absolute Gasteiger partial charge is 0.417 e. The standard InChI is InChI=1S/C11H14N2O3/c12-8(2-1-5-14)7-3-4-9-10(6-7)16-11(15)13-9/h3-4,6,8,14H,1-2,5,12H2,(H,13,15). The zero-order chi connectivity index (χ0) is 11.5. The van der Waals surface area contributed by atoms with E-state index in [-0.39, 0.29) is 12.6 Å². The molecule has 0 saturated heterocycles. The molecule has 1 unspecified atom stereocenters. The fourth-order valence-electron chi connectivity index (χ4n) is 1.67. The Labute approximate surface area is 91.9 Å². The lowest BCUT2D eigenvalue weighted by atomic mass is 10.0. The maximum Gasteiger partial charge on any atom is 0.417 e. The number of aliphatic hydroxyl groups is 1. The molecule has 0 bridgehead atoms. The van der Waals surface area contributed by atoms with Crippen LogP contribution in [0, 0.1) is 0 Å². The van der Waals surface area contributed by atoms with E-state index in [1.54, 1.807) is 12.1 Å².